The van der Waals surface area contributed by atoms with Gasteiger partial charge in [0.2, 0.25) is 0 Å². The van der Waals surface area contributed by atoms with Crippen molar-refractivity contribution in [3.8, 4) is 0 Å². The predicted octanol–water partition coefficient (Wildman–Crippen LogP) is 3.27. The molecule has 0 radical (unpaired) electrons. The van der Waals surface area contributed by atoms with E-state index in [2.05, 4.69) is 13.8 Å². The van der Waals surface area contributed by atoms with Crippen molar-refractivity contribution in [3.05, 3.63) is 0 Å². The fourth-order valence-electron chi connectivity index (χ4n) is 2.40. The molecular formula is C8H18B-. The highest BCUT2D eigenvalue weighted by molar-refractivity contribution is 6.80. The van der Waals surface area contributed by atoms with E-state index in [1.807, 2.05) is 0 Å². The minimum atomic E-state index is 0.167. The van der Waals surface area contributed by atoms with Gasteiger partial charge >= 0.3 is 0 Å². The molecular weight excluding hydrogens is 107 g/mol. The predicted molar refractivity (Wildman–Crippen MR) is 45.6 cm³/mol. The first kappa shape index (κ1) is 7.18. The molecule has 9 heavy (non-hydrogen) atoms. The summed E-state index contributed by atoms with van der Waals surface area (Å²) in [6.45, 7) is 4.74. The zero-order valence-corrected chi connectivity index (χ0v) is 6.82. The van der Waals surface area contributed by atoms with Crippen LogP contribution in [0.2, 0.25) is 25.3 Å². The van der Waals surface area contributed by atoms with Gasteiger partial charge in [-0.2, -0.15) is 25.3 Å². The molecule has 0 nitrogen and oxygen atoms in total. The molecule has 0 bridgehead atoms. The Labute approximate surface area is 58.9 Å². The van der Waals surface area contributed by atoms with Crippen molar-refractivity contribution in [2.24, 2.45) is 0 Å². The van der Waals surface area contributed by atoms with Crippen molar-refractivity contribution >= 4 is 6.15 Å². The van der Waals surface area contributed by atoms with Gasteiger partial charge in [0.1, 0.15) is 0 Å². The molecule has 1 aliphatic heterocycles. The Balaban J connectivity index is 2.45. The lowest BCUT2D eigenvalue weighted by molar-refractivity contribution is 0.935. The molecule has 1 heteroatoms. The molecule has 0 aromatic rings. The van der Waals surface area contributed by atoms with E-state index in [9.17, 15) is 0 Å². The molecule has 1 rings (SSSR count). The van der Waals surface area contributed by atoms with Crippen molar-refractivity contribution in [1.29, 1.82) is 0 Å². The first-order valence-electron chi connectivity index (χ1n) is 4.55. The van der Waals surface area contributed by atoms with Gasteiger partial charge in [0, 0.05) is 6.15 Å². The van der Waals surface area contributed by atoms with E-state index in [0.717, 1.165) is 0 Å². The van der Waals surface area contributed by atoms with Gasteiger partial charge in [-0.25, -0.2) is 0 Å². The van der Waals surface area contributed by atoms with E-state index in [1.54, 1.807) is 12.6 Å². The lowest BCUT2D eigenvalue weighted by Gasteiger charge is -2.30. The number of hydrogen-bond acceptors (Lipinski definition) is 0. The van der Waals surface area contributed by atoms with Crippen LogP contribution in [0, 0.1) is 0 Å². The van der Waals surface area contributed by atoms with Crippen LogP contribution in [-0.4, -0.2) is 6.15 Å². The van der Waals surface area contributed by atoms with Crippen LogP contribution >= 0.6 is 0 Å². The van der Waals surface area contributed by atoms with Crippen LogP contribution in [0.1, 0.15) is 26.7 Å². The molecule has 1 heterocycles. The van der Waals surface area contributed by atoms with E-state index >= 15 is 0 Å². The Morgan fingerprint density at radius 2 is 1.44 bits per heavy atom. The molecule has 0 aromatic carbocycles. The summed E-state index contributed by atoms with van der Waals surface area (Å²) in [6, 6.07) is 0. The van der Waals surface area contributed by atoms with E-state index < -0.39 is 0 Å². The summed E-state index contributed by atoms with van der Waals surface area (Å²) in [5.41, 5.74) is 0. The van der Waals surface area contributed by atoms with Crippen molar-refractivity contribution in [3.63, 3.8) is 0 Å². The summed E-state index contributed by atoms with van der Waals surface area (Å²) < 4.78 is 0. The molecule has 0 unspecified atom stereocenters. The normalized spacial score (nSPS) is 24.7. The Bertz CT molecular complexity index is 76.6. The highest BCUT2D eigenvalue weighted by Crippen LogP contribution is 2.35. The van der Waals surface area contributed by atoms with E-state index in [0.29, 0.717) is 0 Å². The van der Waals surface area contributed by atoms with Crippen LogP contribution in [0.3, 0.4) is 0 Å². The maximum absolute atomic E-state index is 2.37. The third-order valence-corrected chi connectivity index (χ3v) is 3.62. The van der Waals surface area contributed by atoms with Gasteiger partial charge in [0.25, 0.3) is 0 Å². The summed E-state index contributed by atoms with van der Waals surface area (Å²) in [4.78, 5) is 0. The average Bonchev–Trinajstić information content (AvgIpc) is 2.36. The van der Waals surface area contributed by atoms with Gasteiger partial charge in [0.15, 0.2) is 0 Å². The lowest BCUT2D eigenvalue weighted by atomic mass is 9.21. The molecule has 0 amide bonds. The Hall–Kier alpha value is 0.0649. The molecule has 0 saturated carbocycles. The minimum Gasteiger partial charge on any atom is -0.181 e. The molecule has 1 saturated heterocycles. The highest BCUT2D eigenvalue weighted by atomic mass is 14.0. The van der Waals surface area contributed by atoms with E-state index in [1.165, 1.54) is 25.5 Å². The van der Waals surface area contributed by atoms with Gasteiger partial charge in [-0.3, -0.25) is 0 Å². The van der Waals surface area contributed by atoms with Crippen molar-refractivity contribution in [1.82, 2.24) is 0 Å². The fraction of sp³-hybridized carbons (Fsp3) is 1.00. The summed E-state index contributed by atoms with van der Waals surface area (Å²) >= 11 is 0. The Morgan fingerprint density at radius 3 is 1.67 bits per heavy atom. The summed E-state index contributed by atoms with van der Waals surface area (Å²) in [5, 5.41) is 0. The maximum atomic E-state index is 2.37. The summed E-state index contributed by atoms with van der Waals surface area (Å²) in [5.74, 6) is 0. The van der Waals surface area contributed by atoms with Crippen molar-refractivity contribution in [2.75, 3.05) is 0 Å². The van der Waals surface area contributed by atoms with E-state index in [-0.39, 0.29) is 6.15 Å². The van der Waals surface area contributed by atoms with Gasteiger partial charge in [-0.1, -0.05) is 26.7 Å². The van der Waals surface area contributed by atoms with Crippen molar-refractivity contribution < 1.29 is 0 Å². The average molecular weight is 125 g/mol. The van der Waals surface area contributed by atoms with Crippen LogP contribution in [0.4, 0.5) is 0 Å². The monoisotopic (exact) mass is 125 g/mol. The molecule has 1 aliphatic rings. The first-order chi connectivity index (χ1) is 4.33. The SMILES string of the molecule is CC[B-]1(CC)CCCC1. The van der Waals surface area contributed by atoms with Crippen LogP contribution in [-0.2, 0) is 0 Å². The van der Waals surface area contributed by atoms with Crippen molar-refractivity contribution in [2.45, 2.75) is 52.0 Å². The largest absolute Gasteiger partial charge is 0.181 e. The Kier molecular flexibility index (Phi) is 2.20. The molecule has 54 valence electrons. The molecule has 0 aliphatic carbocycles. The summed E-state index contributed by atoms with van der Waals surface area (Å²) in [7, 11) is 0. The Morgan fingerprint density at radius 1 is 1.00 bits per heavy atom. The van der Waals surface area contributed by atoms with Crippen LogP contribution in [0.5, 0.6) is 0 Å². The lowest BCUT2D eigenvalue weighted by Crippen LogP contribution is -2.26. The van der Waals surface area contributed by atoms with Crippen LogP contribution < -0.4 is 0 Å². The minimum absolute atomic E-state index is 0.167. The third-order valence-electron chi connectivity index (χ3n) is 3.62. The number of hydrogen-bond donors (Lipinski definition) is 0. The second-order valence-electron chi connectivity index (χ2n) is 3.83. The molecule has 0 N–H and O–H groups in total. The second kappa shape index (κ2) is 2.77. The second-order valence-corrected chi connectivity index (χ2v) is 3.83. The van der Waals surface area contributed by atoms with Crippen LogP contribution in [0.15, 0.2) is 0 Å². The third kappa shape index (κ3) is 1.31. The number of rotatable bonds is 2. The zero-order valence-electron chi connectivity index (χ0n) is 6.82. The topological polar surface area (TPSA) is 0 Å². The van der Waals surface area contributed by atoms with Crippen LogP contribution in [0.25, 0.3) is 0 Å². The van der Waals surface area contributed by atoms with Gasteiger partial charge in [0.05, 0.1) is 0 Å². The molecule has 0 atom stereocenters. The fourth-order valence-corrected chi connectivity index (χ4v) is 2.40. The maximum Gasteiger partial charge on any atom is 0.0000971 e. The highest BCUT2D eigenvalue weighted by Gasteiger charge is 2.23. The zero-order chi connectivity index (χ0) is 6.74. The molecule has 1 fully saturated rings. The smallest absolute Gasteiger partial charge is 0.0000971 e. The van der Waals surface area contributed by atoms with Gasteiger partial charge < -0.3 is 0 Å². The van der Waals surface area contributed by atoms with E-state index in [4.69, 9.17) is 0 Å². The van der Waals surface area contributed by atoms with Gasteiger partial charge in [-0.05, 0) is 0 Å². The molecule has 0 spiro atoms. The first-order valence-corrected chi connectivity index (χ1v) is 4.55. The summed E-state index contributed by atoms with van der Waals surface area (Å²) in [6.07, 6.45) is 9.26. The van der Waals surface area contributed by atoms with Gasteiger partial charge in [-0.15, -0.1) is 0 Å². The quantitative estimate of drug-likeness (QED) is 0.497. The standard InChI is InChI=1S/C8H18B/c1-3-9(4-2)7-5-6-8-9/h3-8H2,1-2H3/q-1. The molecule has 0 aromatic heterocycles.